The summed E-state index contributed by atoms with van der Waals surface area (Å²) in [5.74, 6) is 3.43. The molecular formula is C25H23N3O7. The number of fused-ring (bicyclic) bond motifs is 1. The fourth-order valence-electron chi connectivity index (χ4n) is 3.66. The summed E-state index contributed by atoms with van der Waals surface area (Å²) in [5.41, 5.74) is 2.67. The normalized spacial score (nSPS) is 12.3. The maximum absolute atomic E-state index is 12.4. The van der Waals surface area contributed by atoms with Gasteiger partial charge in [0, 0.05) is 23.3 Å². The SMILES string of the molecule is COc1ccc(-c2cc(CNC(=O)Cc3cc(-c4ccc5c(c4)OCCO5)on3)no2)cc1OC. The van der Waals surface area contributed by atoms with Crippen molar-refractivity contribution in [1.82, 2.24) is 15.6 Å². The number of ether oxygens (including phenoxy) is 4. The Morgan fingerprint density at radius 1 is 0.829 bits per heavy atom. The van der Waals surface area contributed by atoms with E-state index >= 15 is 0 Å². The van der Waals surface area contributed by atoms with Crippen molar-refractivity contribution in [3.8, 4) is 45.6 Å². The molecule has 0 aliphatic carbocycles. The summed E-state index contributed by atoms with van der Waals surface area (Å²) in [7, 11) is 3.14. The van der Waals surface area contributed by atoms with Gasteiger partial charge in [0.1, 0.15) is 18.9 Å². The van der Waals surface area contributed by atoms with Crippen LogP contribution in [0.5, 0.6) is 23.0 Å². The molecule has 0 bridgehead atoms. The van der Waals surface area contributed by atoms with Crippen molar-refractivity contribution in [2.24, 2.45) is 0 Å². The number of nitrogens with one attached hydrogen (secondary N) is 1. The van der Waals surface area contributed by atoms with E-state index in [0.717, 1.165) is 11.1 Å². The number of carbonyl (C=O) groups is 1. The Hall–Kier alpha value is -4.47. The second kappa shape index (κ2) is 9.80. The molecule has 2 aromatic heterocycles. The van der Waals surface area contributed by atoms with Crippen molar-refractivity contribution in [2.45, 2.75) is 13.0 Å². The molecule has 0 saturated carbocycles. The molecule has 4 aromatic rings. The first-order valence-corrected chi connectivity index (χ1v) is 10.9. The number of hydrogen-bond donors (Lipinski definition) is 1. The standard InChI is InChI=1S/C25H23N3O7/c1-30-19-5-3-15(9-23(19)31-2)22-12-18(28-35-22)14-26-25(29)13-17-11-21(34-27-17)16-4-6-20-24(10-16)33-8-7-32-20/h3-6,9-12H,7-8,13-14H2,1-2H3,(H,26,29). The van der Waals surface area contributed by atoms with Crippen molar-refractivity contribution in [2.75, 3.05) is 27.4 Å². The Bertz CT molecular complexity index is 1340. The quantitative estimate of drug-likeness (QED) is 0.406. The molecule has 1 aliphatic rings. The lowest BCUT2D eigenvalue weighted by Gasteiger charge is -2.18. The summed E-state index contributed by atoms with van der Waals surface area (Å²) in [4.78, 5) is 12.4. The molecule has 10 nitrogen and oxygen atoms in total. The maximum atomic E-state index is 12.4. The van der Waals surface area contributed by atoms with E-state index in [1.807, 2.05) is 24.3 Å². The summed E-state index contributed by atoms with van der Waals surface area (Å²) >= 11 is 0. The molecule has 0 unspecified atom stereocenters. The third kappa shape index (κ3) is 4.91. The number of amides is 1. The zero-order valence-electron chi connectivity index (χ0n) is 19.2. The van der Waals surface area contributed by atoms with E-state index in [9.17, 15) is 4.79 Å². The molecular weight excluding hydrogens is 454 g/mol. The van der Waals surface area contributed by atoms with E-state index in [1.54, 1.807) is 38.5 Å². The predicted octanol–water partition coefficient (Wildman–Crippen LogP) is 3.64. The van der Waals surface area contributed by atoms with E-state index < -0.39 is 0 Å². The van der Waals surface area contributed by atoms with Crippen LogP contribution in [0.3, 0.4) is 0 Å². The summed E-state index contributed by atoms with van der Waals surface area (Å²) in [6, 6.07) is 14.4. The van der Waals surface area contributed by atoms with Crippen molar-refractivity contribution in [1.29, 1.82) is 0 Å². The van der Waals surface area contributed by atoms with Crippen molar-refractivity contribution in [3.63, 3.8) is 0 Å². The van der Waals surface area contributed by atoms with Crippen molar-refractivity contribution in [3.05, 3.63) is 59.9 Å². The number of benzene rings is 2. The highest BCUT2D eigenvalue weighted by atomic mass is 16.6. The van der Waals surface area contributed by atoms with Crippen LogP contribution in [0.2, 0.25) is 0 Å². The summed E-state index contributed by atoms with van der Waals surface area (Å²) < 4.78 is 32.6. The van der Waals surface area contributed by atoms with Gasteiger partial charge in [0.15, 0.2) is 34.5 Å². The van der Waals surface area contributed by atoms with E-state index in [2.05, 4.69) is 15.6 Å². The molecule has 10 heteroatoms. The fraction of sp³-hybridized carbons (Fsp3) is 0.240. The van der Waals surface area contributed by atoms with Crippen LogP contribution in [0.1, 0.15) is 11.4 Å². The number of nitrogens with zero attached hydrogens (tertiary/aromatic N) is 2. The highest BCUT2D eigenvalue weighted by Gasteiger charge is 2.16. The largest absolute Gasteiger partial charge is 0.493 e. The van der Waals surface area contributed by atoms with Gasteiger partial charge >= 0.3 is 0 Å². The minimum Gasteiger partial charge on any atom is -0.493 e. The number of carbonyl (C=O) groups excluding carboxylic acids is 1. The summed E-state index contributed by atoms with van der Waals surface area (Å²) in [6.45, 7) is 1.24. The van der Waals surface area contributed by atoms with Crippen LogP contribution in [-0.4, -0.2) is 43.7 Å². The third-order valence-electron chi connectivity index (χ3n) is 5.42. The molecule has 2 aromatic carbocycles. The Morgan fingerprint density at radius 3 is 2.26 bits per heavy atom. The summed E-state index contributed by atoms with van der Waals surface area (Å²) in [6.07, 6.45) is 0.0639. The molecule has 0 fully saturated rings. The minimum atomic E-state index is -0.220. The number of hydrogen-bond acceptors (Lipinski definition) is 9. The Labute approximate surface area is 200 Å². The Balaban J connectivity index is 1.18. The van der Waals surface area contributed by atoms with Gasteiger partial charge in [-0.15, -0.1) is 0 Å². The molecule has 0 spiro atoms. The molecule has 1 N–H and O–H groups in total. The highest BCUT2D eigenvalue weighted by Crippen LogP contribution is 2.35. The number of rotatable bonds is 8. The maximum Gasteiger partial charge on any atom is 0.226 e. The Kier molecular flexibility index (Phi) is 6.25. The highest BCUT2D eigenvalue weighted by molar-refractivity contribution is 5.78. The van der Waals surface area contributed by atoms with E-state index in [0.29, 0.717) is 59.1 Å². The average molecular weight is 477 g/mol. The van der Waals surface area contributed by atoms with Crippen LogP contribution in [0, 0.1) is 0 Å². The second-order valence-electron chi connectivity index (χ2n) is 7.75. The van der Waals surface area contributed by atoms with E-state index in [-0.39, 0.29) is 18.9 Å². The van der Waals surface area contributed by atoms with Crippen LogP contribution in [0.25, 0.3) is 22.6 Å². The Morgan fingerprint density at radius 2 is 1.49 bits per heavy atom. The first kappa shape index (κ1) is 22.3. The zero-order valence-corrected chi connectivity index (χ0v) is 19.2. The smallest absolute Gasteiger partial charge is 0.226 e. The van der Waals surface area contributed by atoms with Gasteiger partial charge in [-0.25, -0.2) is 0 Å². The van der Waals surface area contributed by atoms with E-state index in [1.165, 1.54) is 0 Å². The van der Waals surface area contributed by atoms with Crippen LogP contribution < -0.4 is 24.3 Å². The van der Waals surface area contributed by atoms with Gasteiger partial charge in [-0.2, -0.15) is 0 Å². The molecule has 180 valence electrons. The summed E-state index contributed by atoms with van der Waals surface area (Å²) in [5, 5.41) is 10.9. The van der Waals surface area contributed by atoms with Gasteiger partial charge in [0.05, 0.1) is 32.9 Å². The zero-order chi connectivity index (χ0) is 24.2. The lowest BCUT2D eigenvalue weighted by atomic mass is 10.1. The first-order valence-electron chi connectivity index (χ1n) is 10.9. The van der Waals surface area contributed by atoms with Gasteiger partial charge in [-0.1, -0.05) is 10.3 Å². The monoisotopic (exact) mass is 477 g/mol. The predicted molar refractivity (Wildman–Crippen MR) is 124 cm³/mol. The van der Waals surface area contributed by atoms with Gasteiger partial charge in [0.25, 0.3) is 0 Å². The van der Waals surface area contributed by atoms with Crippen LogP contribution >= 0.6 is 0 Å². The fourth-order valence-corrected chi connectivity index (χ4v) is 3.66. The topological polar surface area (TPSA) is 118 Å². The molecule has 0 atom stereocenters. The van der Waals surface area contributed by atoms with Gasteiger partial charge in [-0.3, -0.25) is 4.79 Å². The minimum absolute atomic E-state index is 0.0639. The van der Waals surface area contributed by atoms with Crippen LogP contribution in [0.15, 0.2) is 57.6 Å². The number of aromatic nitrogens is 2. The molecule has 0 saturated heterocycles. The third-order valence-corrected chi connectivity index (χ3v) is 5.42. The van der Waals surface area contributed by atoms with Gasteiger partial charge in [0.2, 0.25) is 5.91 Å². The van der Waals surface area contributed by atoms with Crippen molar-refractivity contribution < 1.29 is 32.8 Å². The molecule has 1 amide bonds. The van der Waals surface area contributed by atoms with E-state index in [4.69, 9.17) is 28.0 Å². The molecule has 3 heterocycles. The number of methoxy groups -OCH3 is 2. The molecule has 1 aliphatic heterocycles. The first-order chi connectivity index (χ1) is 17.1. The van der Waals surface area contributed by atoms with Gasteiger partial charge < -0.3 is 33.3 Å². The average Bonchev–Trinajstić information content (AvgIpc) is 3.57. The van der Waals surface area contributed by atoms with Gasteiger partial charge in [-0.05, 0) is 36.4 Å². The van der Waals surface area contributed by atoms with Crippen LogP contribution in [-0.2, 0) is 17.8 Å². The molecule has 5 rings (SSSR count). The van der Waals surface area contributed by atoms with Crippen molar-refractivity contribution >= 4 is 5.91 Å². The lowest BCUT2D eigenvalue weighted by molar-refractivity contribution is -0.120. The lowest BCUT2D eigenvalue weighted by Crippen LogP contribution is -2.24. The van der Waals surface area contributed by atoms with Crippen LogP contribution in [0.4, 0.5) is 0 Å². The second-order valence-corrected chi connectivity index (χ2v) is 7.75. The molecule has 35 heavy (non-hydrogen) atoms. The molecule has 0 radical (unpaired) electrons.